The maximum Gasteiger partial charge on any atom is 0.226 e. The standard InChI is InChI=1S/C17H21N3O/c1-12-8-15(11-18-10-12)19-14(3)9-17(21)20-16-7-5-4-6-13(16)2/h4-8,10-11,14,19H,9H2,1-3H3,(H,20,21)/t14-/m0/s1. The lowest BCUT2D eigenvalue weighted by atomic mass is 10.1. The lowest BCUT2D eigenvalue weighted by Crippen LogP contribution is -2.24. The molecule has 4 heteroatoms. The Kier molecular flexibility index (Phi) is 4.93. The highest BCUT2D eigenvalue weighted by molar-refractivity contribution is 5.92. The summed E-state index contributed by atoms with van der Waals surface area (Å²) in [4.78, 5) is 16.2. The largest absolute Gasteiger partial charge is 0.381 e. The van der Waals surface area contributed by atoms with Crippen molar-refractivity contribution in [3.63, 3.8) is 0 Å². The number of rotatable bonds is 5. The lowest BCUT2D eigenvalue weighted by molar-refractivity contribution is -0.116. The molecule has 2 aromatic rings. The van der Waals surface area contributed by atoms with E-state index in [1.807, 2.05) is 51.1 Å². The fourth-order valence-electron chi connectivity index (χ4n) is 2.16. The molecule has 1 aromatic heterocycles. The van der Waals surface area contributed by atoms with Gasteiger partial charge in [0.25, 0.3) is 0 Å². The first kappa shape index (κ1) is 15.0. The highest BCUT2D eigenvalue weighted by Crippen LogP contribution is 2.14. The van der Waals surface area contributed by atoms with Crippen LogP contribution in [0.2, 0.25) is 0 Å². The highest BCUT2D eigenvalue weighted by Gasteiger charge is 2.10. The van der Waals surface area contributed by atoms with E-state index < -0.39 is 0 Å². The molecule has 0 aliphatic carbocycles. The number of aryl methyl sites for hydroxylation is 2. The second-order valence-electron chi connectivity index (χ2n) is 5.36. The minimum Gasteiger partial charge on any atom is -0.381 e. The molecule has 4 nitrogen and oxygen atoms in total. The zero-order chi connectivity index (χ0) is 15.2. The van der Waals surface area contributed by atoms with E-state index in [0.29, 0.717) is 6.42 Å². The molecule has 0 aliphatic rings. The number of aromatic nitrogens is 1. The molecule has 1 aromatic carbocycles. The lowest BCUT2D eigenvalue weighted by Gasteiger charge is -2.15. The van der Waals surface area contributed by atoms with Crippen molar-refractivity contribution in [2.75, 3.05) is 10.6 Å². The van der Waals surface area contributed by atoms with E-state index in [2.05, 4.69) is 15.6 Å². The maximum atomic E-state index is 12.1. The van der Waals surface area contributed by atoms with Crippen LogP contribution >= 0.6 is 0 Å². The normalized spacial score (nSPS) is 11.8. The van der Waals surface area contributed by atoms with Gasteiger partial charge in [-0.1, -0.05) is 18.2 Å². The summed E-state index contributed by atoms with van der Waals surface area (Å²) in [6.45, 7) is 5.96. The van der Waals surface area contributed by atoms with Crippen LogP contribution in [0, 0.1) is 13.8 Å². The summed E-state index contributed by atoms with van der Waals surface area (Å²) < 4.78 is 0. The van der Waals surface area contributed by atoms with Crippen LogP contribution in [-0.2, 0) is 4.79 Å². The number of nitrogens with one attached hydrogen (secondary N) is 2. The molecule has 1 atom stereocenters. The molecular formula is C17H21N3O. The van der Waals surface area contributed by atoms with Crippen LogP contribution in [0.25, 0.3) is 0 Å². The first-order valence-electron chi connectivity index (χ1n) is 7.08. The van der Waals surface area contributed by atoms with Crippen molar-refractivity contribution in [1.82, 2.24) is 4.98 Å². The molecule has 1 heterocycles. The van der Waals surface area contributed by atoms with Crippen LogP contribution in [0.3, 0.4) is 0 Å². The maximum absolute atomic E-state index is 12.1. The summed E-state index contributed by atoms with van der Waals surface area (Å²) in [6, 6.07) is 9.83. The van der Waals surface area contributed by atoms with Crippen molar-refractivity contribution in [2.24, 2.45) is 0 Å². The molecule has 2 N–H and O–H groups in total. The average molecular weight is 283 g/mol. The van der Waals surface area contributed by atoms with Gasteiger partial charge in [-0.2, -0.15) is 0 Å². The van der Waals surface area contributed by atoms with Gasteiger partial charge >= 0.3 is 0 Å². The number of para-hydroxylation sites is 1. The molecule has 0 saturated carbocycles. The zero-order valence-electron chi connectivity index (χ0n) is 12.7. The second-order valence-corrected chi connectivity index (χ2v) is 5.36. The van der Waals surface area contributed by atoms with E-state index in [4.69, 9.17) is 0 Å². The monoisotopic (exact) mass is 283 g/mol. The molecule has 1 amide bonds. The third kappa shape index (κ3) is 4.60. The number of nitrogens with zero attached hydrogens (tertiary/aromatic N) is 1. The van der Waals surface area contributed by atoms with Crippen LogP contribution in [-0.4, -0.2) is 16.9 Å². The van der Waals surface area contributed by atoms with E-state index in [1.165, 1.54) is 0 Å². The Morgan fingerprint density at radius 3 is 2.71 bits per heavy atom. The van der Waals surface area contributed by atoms with Gasteiger partial charge < -0.3 is 10.6 Å². The number of pyridine rings is 1. The number of amides is 1. The van der Waals surface area contributed by atoms with Gasteiger partial charge in [0, 0.05) is 30.5 Å². The Bertz CT molecular complexity index is 625. The van der Waals surface area contributed by atoms with E-state index >= 15 is 0 Å². The third-order valence-electron chi connectivity index (χ3n) is 3.20. The third-order valence-corrected chi connectivity index (χ3v) is 3.20. The van der Waals surface area contributed by atoms with E-state index in [9.17, 15) is 4.79 Å². The fraction of sp³-hybridized carbons (Fsp3) is 0.294. The summed E-state index contributed by atoms with van der Waals surface area (Å²) in [7, 11) is 0. The first-order valence-corrected chi connectivity index (χ1v) is 7.08. The van der Waals surface area contributed by atoms with Crippen LogP contribution in [0.4, 0.5) is 11.4 Å². The number of benzene rings is 1. The quantitative estimate of drug-likeness (QED) is 0.882. The predicted octanol–water partition coefficient (Wildman–Crippen LogP) is 3.53. The van der Waals surface area contributed by atoms with Crippen molar-refractivity contribution < 1.29 is 4.79 Å². The van der Waals surface area contributed by atoms with Crippen LogP contribution < -0.4 is 10.6 Å². The first-order chi connectivity index (χ1) is 10.0. The summed E-state index contributed by atoms with van der Waals surface area (Å²) in [5.41, 5.74) is 3.96. The van der Waals surface area contributed by atoms with Crippen LogP contribution in [0.5, 0.6) is 0 Å². The Morgan fingerprint density at radius 1 is 1.24 bits per heavy atom. The van der Waals surface area contributed by atoms with Gasteiger partial charge in [-0.25, -0.2) is 0 Å². The predicted molar refractivity (Wildman–Crippen MR) is 86.5 cm³/mol. The SMILES string of the molecule is Cc1cncc(N[C@@H](C)CC(=O)Nc2ccccc2C)c1. The smallest absolute Gasteiger partial charge is 0.226 e. The van der Waals surface area contributed by atoms with E-state index in [0.717, 1.165) is 22.5 Å². The highest BCUT2D eigenvalue weighted by atomic mass is 16.1. The molecule has 21 heavy (non-hydrogen) atoms. The molecular weight excluding hydrogens is 262 g/mol. The Hall–Kier alpha value is -2.36. The van der Waals surface area contributed by atoms with Gasteiger partial charge in [0.05, 0.1) is 5.69 Å². The summed E-state index contributed by atoms with van der Waals surface area (Å²) in [5.74, 6) is 0.00455. The van der Waals surface area contributed by atoms with Gasteiger partial charge in [0.1, 0.15) is 0 Å². The number of carbonyl (C=O) groups excluding carboxylic acids is 1. The molecule has 0 fully saturated rings. The Morgan fingerprint density at radius 2 is 2.00 bits per heavy atom. The molecule has 2 rings (SSSR count). The van der Waals surface area contributed by atoms with Gasteiger partial charge in [-0.05, 0) is 44.0 Å². The van der Waals surface area contributed by atoms with E-state index in [-0.39, 0.29) is 11.9 Å². The van der Waals surface area contributed by atoms with Crippen molar-refractivity contribution in [3.05, 3.63) is 53.9 Å². The Labute approximate surface area is 125 Å². The average Bonchev–Trinajstić information content (AvgIpc) is 2.41. The number of hydrogen-bond acceptors (Lipinski definition) is 3. The molecule has 110 valence electrons. The van der Waals surface area contributed by atoms with Crippen molar-refractivity contribution >= 4 is 17.3 Å². The van der Waals surface area contributed by atoms with Crippen molar-refractivity contribution in [3.8, 4) is 0 Å². The summed E-state index contributed by atoms with van der Waals surface area (Å²) >= 11 is 0. The summed E-state index contributed by atoms with van der Waals surface area (Å²) in [5, 5.41) is 6.23. The fourth-order valence-corrected chi connectivity index (χ4v) is 2.16. The molecule has 0 radical (unpaired) electrons. The minimum absolute atomic E-state index is 0.00455. The molecule has 0 unspecified atom stereocenters. The van der Waals surface area contributed by atoms with Gasteiger partial charge in [-0.15, -0.1) is 0 Å². The molecule has 0 bridgehead atoms. The van der Waals surface area contributed by atoms with Gasteiger partial charge in [-0.3, -0.25) is 9.78 Å². The van der Waals surface area contributed by atoms with Gasteiger partial charge in [0.2, 0.25) is 5.91 Å². The van der Waals surface area contributed by atoms with Crippen molar-refractivity contribution in [1.29, 1.82) is 0 Å². The molecule has 0 saturated heterocycles. The molecule has 0 spiro atoms. The Balaban J connectivity index is 1.89. The minimum atomic E-state index is 0.00455. The summed E-state index contributed by atoms with van der Waals surface area (Å²) in [6.07, 6.45) is 3.98. The van der Waals surface area contributed by atoms with Crippen molar-refractivity contribution in [2.45, 2.75) is 33.2 Å². The zero-order valence-corrected chi connectivity index (χ0v) is 12.7. The van der Waals surface area contributed by atoms with Crippen LogP contribution in [0.1, 0.15) is 24.5 Å². The molecule has 0 aliphatic heterocycles. The number of hydrogen-bond donors (Lipinski definition) is 2. The number of carbonyl (C=O) groups is 1. The number of anilines is 2. The van der Waals surface area contributed by atoms with E-state index in [1.54, 1.807) is 12.4 Å². The second kappa shape index (κ2) is 6.88. The van der Waals surface area contributed by atoms with Gasteiger partial charge in [0.15, 0.2) is 0 Å². The topological polar surface area (TPSA) is 54.0 Å². The van der Waals surface area contributed by atoms with Crippen LogP contribution in [0.15, 0.2) is 42.7 Å².